The van der Waals surface area contributed by atoms with Crippen LogP contribution in [0.25, 0.3) is 0 Å². The van der Waals surface area contributed by atoms with Crippen LogP contribution in [0.1, 0.15) is 41.6 Å². The Morgan fingerprint density at radius 1 is 1.06 bits per heavy atom. The molecule has 2 heterocycles. The first-order valence-corrected chi connectivity index (χ1v) is 11.3. The number of carbonyl (C=O) groups is 3. The van der Waals surface area contributed by atoms with Gasteiger partial charge in [0.15, 0.2) is 0 Å². The van der Waals surface area contributed by atoms with Gasteiger partial charge in [-0.1, -0.05) is 18.2 Å². The Labute approximate surface area is 188 Å². The summed E-state index contributed by atoms with van der Waals surface area (Å²) >= 11 is 0. The lowest BCUT2D eigenvalue weighted by molar-refractivity contribution is -0.119. The first kappa shape index (κ1) is 21.9. The highest BCUT2D eigenvalue weighted by Gasteiger charge is 2.33. The first-order valence-electron chi connectivity index (χ1n) is 11.3. The third kappa shape index (κ3) is 4.93. The Morgan fingerprint density at radius 2 is 1.81 bits per heavy atom. The van der Waals surface area contributed by atoms with E-state index in [4.69, 9.17) is 4.74 Å². The standard InChI is InChI=1S/C25H29N3O4/c29-18-26-14-3-17-32-22-9-6-20(7-10-22)25(31)27-15-12-21(13-16-27)28-23-5-2-1-4-19(23)8-11-24(28)30/h1-2,4-7,9-10,18,21H,3,8,11-17H2,(H,26,29). The summed E-state index contributed by atoms with van der Waals surface area (Å²) < 4.78 is 5.63. The van der Waals surface area contributed by atoms with Crippen LogP contribution in [-0.2, 0) is 16.0 Å². The van der Waals surface area contributed by atoms with Crippen molar-refractivity contribution in [1.29, 1.82) is 0 Å². The van der Waals surface area contributed by atoms with Gasteiger partial charge in [0.1, 0.15) is 5.75 Å². The second kappa shape index (κ2) is 10.3. The molecule has 0 aromatic heterocycles. The molecule has 0 saturated carbocycles. The van der Waals surface area contributed by atoms with Crippen molar-refractivity contribution in [3.8, 4) is 5.75 Å². The second-order valence-corrected chi connectivity index (χ2v) is 8.21. The number of aryl methyl sites for hydroxylation is 1. The van der Waals surface area contributed by atoms with Gasteiger partial charge >= 0.3 is 0 Å². The third-order valence-corrected chi connectivity index (χ3v) is 6.16. The molecule has 1 fully saturated rings. The highest BCUT2D eigenvalue weighted by atomic mass is 16.5. The molecular formula is C25H29N3O4. The van der Waals surface area contributed by atoms with Crippen molar-refractivity contribution in [3.05, 3.63) is 59.7 Å². The fourth-order valence-corrected chi connectivity index (χ4v) is 4.48. The number of carbonyl (C=O) groups excluding carboxylic acids is 3. The predicted molar refractivity (Wildman–Crippen MR) is 122 cm³/mol. The summed E-state index contributed by atoms with van der Waals surface area (Å²) in [6.07, 6.45) is 4.31. The molecule has 1 saturated heterocycles. The van der Waals surface area contributed by atoms with Crippen molar-refractivity contribution in [1.82, 2.24) is 10.2 Å². The van der Waals surface area contributed by atoms with E-state index in [1.165, 1.54) is 5.56 Å². The van der Waals surface area contributed by atoms with E-state index in [0.29, 0.717) is 50.4 Å². The number of hydrogen-bond acceptors (Lipinski definition) is 4. The number of anilines is 1. The molecule has 3 amide bonds. The molecule has 0 atom stereocenters. The number of piperidine rings is 1. The Balaban J connectivity index is 1.31. The highest BCUT2D eigenvalue weighted by molar-refractivity contribution is 5.97. The number of hydrogen-bond donors (Lipinski definition) is 1. The minimum absolute atomic E-state index is 0.00977. The van der Waals surface area contributed by atoms with E-state index in [0.717, 1.165) is 31.4 Å². The first-order chi connectivity index (χ1) is 15.7. The number of ether oxygens (including phenoxy) is 1. The molecule has 2 aliphatic heterocycles. The summed E-state index contributed by atoms with van der Waals surface area (Å²) in [6, 6.07) is 15.5. The predicted octanol–water partition coefficient (Wildman–Crippen LogP) is 2.79. The molecule has 2 aliphatic rings. The van der Waals surface area contributed by atoms with E-state index in [1.807, 2.05) is 28.0 Å². The Kier molecular flexibility index (Phi) is 7.04. The van der Waals surface area contributed by atoms with Gasteiger partial charge < -0.3 is 19.9 Å². The molecule has 4 rings (SSSR count). The number of fused-ring (bicyclic) bond motifs is 1. The summed E-state index contributed by atoms with van der Waals surface area (Å²) in [6.45, 7) is 2.35. The van der Waals surface area contributed by atoms with Crippen molar-refractivity contribution in [2.24, 2.45) is 0 Å². The molecule has 0 radical (unpaired) electrons. The lowest BCUT2D eigenvalue weighted by Gasteiger charge is -2.41. The second-order valence-electron chi connectivity index (χ2n) is 8.21. The average Bonchev–Trinajstić information content (AvgIpc) is 2.84. The maximum absolute atomic E-state index is 13.0. The van der Waals surface area contributed by atoms with Crippen LogP contribution >= 0.6 is 0 Å². The minimum atomic E-state index is 0.00977. The molecule has 2 aromatic carbocycles. The summed E-state index contributed by atoms with van der Waals surface area (Å²) in [5, 5.41) is 2.59. The van der Waals surface area contributed by atoms with Crippen molar-refractivity contribution >= 4 is 23.9 Å². The van der Waals surface area contributed by atoms with Crippen LogP contribution in [0.5, 0.6) is 5.75 Å². The lowest BCUT2D eigenvalue weighted by atomic mass is 9.95. The number of amides is 3. The largest absolute Gasteiger partial charge is 0.494 e. The molecule has 0 unspecified atom stereocenters. The SMILES string of the molecule is O=CNCCCOc1ccc(C(=O)N2CCC(N3C(=O)CCc4ccccc43)CC2)cc1. The summed E-state index contributed by atoms with van der Waals surface area (Å²) in [5.41, 5.74) is 2.90. The number of nitrogens with one attached hydrogen (secondary N) is 1. The van der Waals surface area contributed by atoms with Crippen molar-refractivity contribution in [3.63, 3.8) is 0 Å². The van der Waals surface area contributed by atoms with Crippen LogP contribution in [-0.4, -0.2) is 55.4 Å². The Bertz CT molecular complexity index is 952. The molecule has 32 heavy (non-hydrogen) atoms. The summed E-state index contributed by atoms with van der Waals surface area (Å²) in [7, 11) is 0. The highest BCUT2D eigenvalue weighted by Crippen LogP contribution is 2.32. The van der Waals surface area contributed by atoms with Gasteiger partial charge in [0.2, 0.25) is 12.3 Å². The van der Waals surface area contributed by atoms with Gasteiger partial charge in [-0.25, -0.2) is 0 Å². The van der Waals surface area contributed by atoms with Crippen LogP contribution in [0, 0.1) is 0 Å². The molecule has 7 heteroatoms. The van der Waals surface area contributed by atoms with E-state index < -0.39 is 0 Å². The zero-order valence-electron chi connectivity index (χ0n) is 18.2. The van der Waals surface area contributed by atoms with E-state index in [1.54, 1.807) is 24.3 Å². The van der Waals surface area contributed by atoms with Crippen molar-refractivity contribution in [2.75, 3.05) is 31.1 Å². The Morgan fingerprint density at radius 3 is 2.56 bits per heavy atom. The van der Waals surface area contributed by atoms with Crippen LogP contribution in [0.3, 0.4) is 0 Å². The maximum Gasteiger partial charge on any atom is 0.253 e. The zero-order valence-corrected chi connectivity index (χ0v) is 18.2. The summed E-state index contributed by atoms with van der Waals surface area (Å²) in [4.78, 5) is 39.7. The number of nitrogens with zero attached hydrogens (tertiary/aromatic N) is 2. The zero-order chi connectivity index (χ0) is 22.3. The van der Waals surface area contributed by atoms with Crippen LogP contribution in [0.2, 0.25) is 0 Å². The van der Waals surface area contributed by atoms with Crippen LogP contribution in [0.4, 0.5) is 5.69 Å². The normalized spacial score (nSPS) is 16.4. The molecule has 1 N–H and O–H groups in total. The molecular weight excluding hydrogens is 406 g/mol. The monoisotopic (exact) mass is 435 g/mol. The lowest BCUT2D eigenvalue weighted by Crippen LogP contribution is -2.50. The number of likely N-dealkylation sites (tertiary alicyclic amines) is 1. The number of para-hydroxylation sites is 1. The molecule has 0 aliphatic carbocycles. The topological polar surface area (TPSA) is 79.0 Å². The van der Waals surface area contributed by atoms with Gasteiger partial charge in [0.25, 0.3) is 5.91 Å². The van der Waals surface area contributed by atoms with E-state index in [-0.39, 0.29) is 17.9 Å². The van der Waals surface area contributed by atoms with E-state index in [2.05, 4.69) is 11.4 Å². The fraction of sp³-hybridized carbons (Fsp3) is 0.400. The summed E-state index contributed by atoms with van der Waals surface area (Å²) in [5.74, 6) is 0.898. The van der Waals surface area contributed by atoms with Gasteiger partial charge in [-0.2, -0.15) is 0 Å². The number of benzene rings is 2. The molecule has 0 bridgehead atoms. The van der Waals surface area contributed by atoms with Crippen molar-refractivity contribution < 1.29 is 19.1 Å². The molecule has 0 spiro atoms. The van der Waals surface area contributed by atoms with E-state index in [9.17, 15) is 14.4 Å². The van der Waals surface area contributed by atoms with Crippen LogP contribution in [0.15, 0.2) is 48.5 Å². The van der Waals surface area contributed by atoms with Gasteiger partial charge in [-0.05, 0) is 61.6 Å². The van der Waals surface area contributed by atoms with Gasteiger partial charge in [-0.3, -0.25) is 14.4 Å². The van der Waals surface area contributed by atoms with Crippen molar-refractivity contribution in [2.45, 2.75) is 38.1 Å². The van der Waals surface area contributed by atoms with E-state index >= 15 is 0 Å². The molecule has 7 nitrogen and oxygen atoms in total. The number of rotatable bonds is 8. The van der Waals surface area contributed by atoms with Gasteiger partial charge in [0.05, 0.1) is 6.61 Å². The quantitative estimate of drug-likeness (QED) is 0.511. The fourth-order valence-electron chi connectivity index (χ4n) is 4.48. The molecule has 168 valence electrons. The minimum Gasteiger partial charge on any atom is -0.494 e. The Hall–Kier alpha value is -3.35. The molecule has 2 aromatic rings. The van der Waals surface area contributed by atoms with Gasteiger partial charge in [0, 0.05) is 43.3 Å². The van der Waals surface area contributed by atoms with Gasteiger partial charge in [-0.15, -0.1) is 0 Å². The average molecular weight is 436 g/mol. The maximum atomic E-state index is 13.0. The smallest absolute Gasteiger partial charge is 0.253 e. The van der Waals surface area contributed by atoms with Crippen LogP contribution < -0.4 is 15.0 Å². The third-order valence-electron chi connectivity index (χ3n) is 6.16.